The summed E-state index contributed by atoms with van der Waals surface area (Å²) in [5.74, 6) is 0.926. The van der Waals surface area contributed by atoms with Crippen LogP contribution in [0.1, 0.15) is 45.4 Å². The van der Waals surface area contributed by atoms with Crippen molar-refractivity contribution in [2.24, 2.45) is 11.8 Å². The Labute approximate surface area is 97.4 Å². The smallest absolute Gasteiger partial charge is 0.224 e. The van der Waals surface area contributed by atoms with Gasteiger partial charge in [0.1, 0.15) is 0 Å². The highest BCUT2D eigenvalue weighted by Gasteiger charge is 2.36. The first kappa shape index (κ1) is 11.4. The maximum Gasteiger partial charge on any atom is 0.224 e. The van der Waals surface area contributed by atoms with Crippen LogP contribution < -0.4 is 0 Å². The molecule has 3 atom stereocenters. The lowest BCUT2D eigenvalue weighted by Crippen LogP contribution is -2.39. The van der Waals surface area contributed by atoms with Crippen molar-refractivity contribution in [1.29, 1.82) is 5.26 Å². The summed E-state index contributed by atoms with van der Waals surface area (Å²) in [5, 5.41) is 8.87. The van der Waals surface area contributed by atoms with E-state index in [2.05, 4.69) is 13.0 Å². The SMILES string of the molecule is CCC1CCCC(N2CC(C#N)CC2=O)C1. The van der Waals surface area contributed by atoms with Gasteiger partial charge in [0.05, 0.1) is 12.0 Å². The Balaban J connectivity index is 1.97. The number of rotatable bonds is 2. The first-order chi connectivity index (χ1) is 7.74. The molecule has 3 heteroatoms. The van der Waals surface area contributed by atoms with Crippen molar-refractivity contribution in [3.8, 4) is 6.07 Å². The molecule has 1 saturated heterocycles. The summed E-state index contributed by atoms with van der Waals surface area (Å²) in [6, 6.07) is 2.65. The maximum absolute atomic E-state index is 11.8. The summed E-state index contributed by atoms with van der Waals surface area (Å²) in [5.41, 5.74) is 0. The van der Waals surface area contributed by atoms with Gasteiger partial charge >= 0.3 is 0 Å². The molecule has 1 saturated carbocycles. The largest absolute Gasteiger partial charge is 0.338 e. The summed E-state index contributed by atoms with van der Waals surface area (Å²) in [4.78, 5) is 13.8. The summed E-state index contributed by atoms with van der Waals surface area (Å²) in [6.07, 6.45) is 6.52. The van der Waals surface area contributed by atoms with Gasteiger partial charge in [0.25, 0.3) is 0 Å². The Hall–Kier alpha value is -1.04. The first-order valence-corrected chi connectivity index (χ1v) is 6.43. The van der Waals surface area contributed by atoms with Gasteiger partial charge in [-0.3, -0.25) is 4.79 Å². The van der Waals surface area contributed by atoms with Gasteiger partial charge in [-0.25, -0.2) is 0 Å². The average Bonchev–Trinajstić information content (AvgIpc) is 2.71. The molecule has 1 heterocycles. The molecule has 2 aliphatic rings. The summed E-state index contributed by atoms with van der Waals surface area (Å²) >= 11 is 0. The number of nitrogens with zero attached hydrogens (tertiary/aromatic N) is 2. The van der Waals surface area contributed by atoms with Crippen LogP contribution in [0.25, 0.3) is 0 Å². The molecule has 0 spiro atoms. The van der Waals surface area contributed by atoms with E-state index in [1.165, 1.54) is 19.3 Å². The summed E-state index contributed by atoms with van der Waals surface area (Å²) in [7, 11) is 0. The van der Waals surface area contributed by atoms with Crippen molar-refractivity contribution in [2.75, 3.05) is 6.54 Å². The highest BCUT2D eigenvalue weighted by Crippen LogP contribution is 2.32. The fourth-order valence-electron chi connectivity index (χ4n) is 3.09. The van der Waals surface area contributed by atoms with Crippen molar-refractivity contribution < 1.29 is 4.79 Å². The van der Waals surface area contributed by atoms with Gasteiger partial charge in [0.15, 0.2) is 0 Å². The highest BCUT2D eigenvalue weighted by molar-refractivity contribution is 5.79. The molecule has 0 N–H and O–H groups in total. The van der Waals surface area contributed by atoms with E-state index in [1.807, 2.05) is 4.90 Å². The lowest BCUT2D eigenvalue weighted by atomic mass is 9.83. The van der Waals surface area contributed by atoms with Gasteiger partial charge in [-0.2, -0.15) is 5.26 Å². The van der Waals surface area contributed by atoms with Crippen molar-refractivity contribution in [1.82, 2.24) is 4.90 Å². The molecule has 0 aromatic carbocycles. The second-order valence-electron chi connectivity index (χ2n) is 5.17. The van der Waals surface area contributed by atoms with E-state index in [0.29, 0.717) is 19.0 Å². The van der Waals surface area contributed by atoms with E-state index in [-0.39, 0.29) is 11.8 Å². The third-order valence-corrected chi connectivity index (χ3v) is 4.11. The molecule has 1 aliphatic heterocycles. The molecule has 3 unspecified atom stereocenters. The first-order valence-electron chi connectivity index (χ1n) is 6.43. The van der Waals surface area contributed by atoms with Crippen LogP contribution in [0, 0.1) is 23.2 Å². The van der Waals surface area contributed by atoms with Crippen LogP contribution in [-0.2, 0) is 4.79 Å². The molecular weight excluding hydrogens is 200 g/mol. The van der Waals surface area contributed by atoms with E-state index in [9.17, 15) is 4.79 Å². The Bertz CT molecular complexity index is 308. The molecule has 0 aromatic rings. The fraction of sp³-hybridized carbons (Fsp3) is 0.846. The quantitative estimate of drug-likeness (QED) is 0.717. The molecule has 3 nitrogen and oxygen atoms in total. The lowest BCUT2D eigenvalue weighted by molar-refractivity contribution is -0.130. The zero-order valence-electron chi connectivity index (χ0n) is 9.98. The van der Waals surface area contributed by atoms with Crippen molar-refractivity contribution in [2.45, 2.75) is 51.5 Å². The molecule has 88 valence electrons. The standard InChI is InChI=1S/C13H20N2O/c1-2-10-4-3-5-12(6-10)15-9-11(8-14)7-13(15)16/h10-12H,2-7,9H2,1H3. The zero-order chi connectivity index (χ0) is 11.5. The Morgan fingerprint density at radius 3 is 2.94 bits per heavy atom. The van der Waals surface area contributed by atoms with Gasteiger partial charge < -0.3 is 4.90 Å². The number of carbonyl (C=O) groups excluding carboxylic acids is 1. The predicted molar refractivity (Wildman–Crippen MR) is 61.5 cm³/mol. The van der Waals surface area contributed by atoms with Crippen molar-refractivity contribution in [3.63, 3.8) is 0 Å². The second kappa shape index (κ2) is 4.86. The van der Waals surface area contributed by atoms with Gasteiger partial charge in [-0.15, -0.1) is 0 Å². The molecule has 1 amide bonds. The number of amides is 1. The summed E-state index contributed by atoms with van der Waals surface area (Å²) in [6.45, 7) is 2.91. The Morgan fingerprint density at radius 1 is 1.50 bits per heavy atom. The van der Waals surface area contributed by atoms with Crippen LogP contribution in [0.4, 0.5) is 0 Å². The van der Waals surface area contributed by atoms with Crippen molar-refractivity contribution in [3.05, 3.63) is 0 Å². The zero-order valence-corrected chi connectivity index (χ0v) is 9.98. The van der Waals surface area contributed by atoms with E-state index in [4.69, 9.17) is 5.26 Å². The van der Waals surface area contributed by atoms with Crippen LogP contribution >= 0.6 is 0 Å². The number of hydrogen-bond donors (Lipinski definition) is 0. The van der Waals surface area contributed by atoms with Crippen molar-refractivity contribution >= 4 is 5.91 Å². The van der Waals surface area contributed by atoms with Gasteiger partial charge in [-0.05, 0) is 18.8 Å². The molecule has 0 aromatic heterocycles. The monoisotopic (exact) mass is 220 g/mol. The molecular formula is C13H20N2O. The van der Waals surface area contributed by atoms with Crippen LogP contribution in [0.15, 0.2) is 0 Å². The molecule has 0 radical (unpaired) electrons. The fourth-order valence-corrected chi connectivity index (χ4v) is 3.09. The Morgan fingerprint density at radius 2 is 2.31 bits per heavy atom. The van der Waals surface area contributed by atoms with Crippen LogP contribution in [0.2, 0.25) is 0 Å². The third-order valence-electron chi connectivity index (χ3n) is 4.11. The number of hydrogen-bond acceptors (Lipinski definition) is 2. The molecule has 2 fully saturated rings. The molecule has 2 rings (SSSR count). The normalized spacial score (nSPS) is 35.1. The Kier molecular flexibility index (Phi) is 3.48. The number of nitriles is 1. The van der Waals surface area contributed by atoms with Crippen LogP contribution in [-0.4, -0.2) is 23.4 Å². The minimum Gasteiger partial charge on any atom is -0.338 e. The maximum atomic E-state index is 11.8. The number of carbonyl (C=O) groups is 1. The minimum atomic E-state index is -0.0606. The van der Waals surface area contributed by atoms with Crippen LogP contribution in [0.3, 0.4) is 0 Å². The van der Waals surface area contributed by atoms with E-state index >= 15 is 0 Å². The van der Waals surface area contributed by atoms with E-state index in [1.54, 1.807) is 0 Å². The molecule has 16 heavy (non-hydrogen) atoms. The topological polar surface area (TPSA) is 44.1 Å². The highest BCUT2D eigenvalue weighted by atomic mass is 16.2. The molecule has 1 aliphatic carbocycles. The summed E-state index contributed by atoms with van der Waals surface area (Å²) < 4.78 is 0. The number of likely N-dealkylation sites (tertiary alicyclic amines) is 1. The molecule has 0 bridgehead atoms. The van der Waals surface area contributed by atoms with E-state index in [0.717, 1.165) is 18.8 Å². The minimum absolute atomic E-state index is 0.0606. The predicted octanol–water partition coefficient (Wildman–Crippen LogP) is 2.33. The lowest BCUT2D eigenvalue weighted by Gasteiger charge is -2.35. The van der Waals surface area contributed by atoms with Crippen LogP contribution in [0.5, 0.6) is 0 Å². The van der Waals surface area contributed by atoms with E-state index < -0.39 is 0 Å². The van der Waals surface area contributed by atoms with Gasteiger partial charge in [0, 0.05) is 19.0 Å². The van der Waals surface area contributed by atoms with Gasteiger partial charge in [-0.1, -0.05) is 26.2 Å². The third kappa shape index (κ3) is 2.21. The second-order valence-corrected chi connectivity index (χ2v) is 5.17. The van der Waals surface area contributed by atoms with Gasteiger partial charge in [0.2, 0.25) is 5.91 Å². The average molecular weight is 220 g/mol.